The highest BCUT2D eigenvalue weighted by atomic mass is 15.1. The van der Waals surface area contributed by atoms with Gasteiger partial charge < -0.3 is 15.6 Å². The molecule has 1 aliphatic rings. The van der Waals surface area contributed by atoms with Crippen LogP contribution in [0.15, 0.2) is 24.4 Å². The number of fused-ring (bicyclic) bond motifs is 1. The number of H-pyrrole nitrogens is 1. The van der Waals surface area contributed by atoms with Crippen LogP contribution in [0.25, 0.3) is 11.5 Å². The molecule has 1 aliphatic heterocycles. The topological polar surface area (TPSA) is 91.4 Å². The summed E-state index contributed by atoms with van der Waals surface area (Å²) >= 11 is 0. The Bertz CT molecular complexity index is 902. The van der Waals surface area contributed by atoms with Crippen LogP contribution in [0.3, 0.4) is 0 Å². The molecule has 0 atom stereocenters. The van der Waals surface area contributed by atoms with Gasteiger partial charge in [0.05, 0.1) is 23.6 Å². The van der Waals surface area contributed by atoms with Gasteiger partial charge in [-0.05, 0) is 38.4 Å². The van der Waals surface area contributed by atoms with E-state index in [1.54, 1.807) is 6.20 Å². The van der Waals surface area contributed by atoms with E-state index in [2.05, 4.69) is 32.5 Å². The van der Waals surface area contributed by atoms with Crippen LogP contribution in [-0.2, 0) is 25.9 Å². The SMILES string of the molecule is CCc1nc(C)[nH]c1CNc1nc(-c2ccccn2)nc2c1CCNC2. The first-order valence-corrected chi connectivity index (χ1v) is 9.04. The molecule has 0 saturated carbocycles. The monoisotopic (exact) mass is 349 g/mol. The highest BCUT2D eigenvalue weighted by molar-refractivity contribution is 5.57. The van der Waals surface area contributed by atoms with Crippen LogP contribution in [0, 0.1) is 6.92 Å². The molecule has 4 heterocycles. The minimum atomic E-state index is 0.659. The van der Waals surface area contributed by atoms with Crippen LogP contribution in [0.1, 0.15) is 35.4 Å². The standard InChI is InChI=1S/C19H23N7/c1-3-14-17(24-12(2)23-14)11-22-18-13-7-9-20-10-16(13)25-19(26-18)15-6-4-5-8-21-15/h4-6,8,20H,3,7,9-11H2,1-2H3,(H,23,24)(H,22,25,26). The predicted molar refractivity (Wildman–Crippen MR) is 101 cm³/mol. The van der Waals surface area contributed by atoms with Gasteiger partial charge in [0.2, 0.25) is 0 Å². The number of aryl methyl sites for hydroxylation is 2. The molecule has 0 amide bonds. The number of hydrogen-bond donors (Lipinski definition) is 3. The Morgan fingerprint density at radius 3 is 2.92 bits per heavy atom. The number of nitrogens with one attached hydrogen (secondary N) is 3. The minimum absolute atomic E-state index is 0.659. The summed E-state index contributed by atoms with van der Waals surface area (Å²) in [5.74, 6) is 2.50. The maximum atomic E-state index is 4.79. The zero-order chi connectivity index (χ0) is 17.9. The lowest BCUT2D eigenvalue weighted by atomic mass is 10.1. The molecular weight excluding hydrogens is 326 g/mol. The average molecular weight is 349 g/mol. The molecule has 3 aromatic rings. The van der Waals surface area contributed by atoms with Crippen molar-refractivity contribution in [2.24, 2.45) is 0 Å². The van der Waals surface area contributed by atoms with E-state index in [0.717, 1.165) is 60.3 Å². The molecule has 0 spiro atoms. The quantitative estimate of drug-likeness (QED) is 0.655. The van der Waals surface area contributed by atoms with Crippen molar-refractivity contribution in [2.75, 3.05) is 11.9 Å². The second kappa shape index (κ2) is 7.21. The van der Waals surface area contributed by atoms with Crippen LogP contribution in [0.2, 0.25) is 0 Å². The summed E-state index contributed by atoms with van der Waals surface area (Å²) in [6.45, 7) is 6.48. The van der Waals surface area contributed by atoms with E-state index in [1.807, 2.05) is 25.1 Å². The molecule has 3 N–H and O–H groups in total. The molecule has 0 aromatic carbocycles. The van der Waals surface area contributed by atoms with Gasteiger partial charge in [-0.3, -0.25) is 4.98 Å². The van der Waals surface area contributed by atoms with Crippen molar-refractivity contribution in [1.29, 1.82) is 0 Å². The van der Waals surface area contributed by atoms with Gasteiger partial charge in [0.15, 0.2) is 5.82 Å². The first kappa shape index (κ1) is 16.7. The van der Waals surface area contributed by atoms with Crippen molar-refractivity contribution in [3.05, 3.63) is 52.9 Å². The summed E-state index contributed by atoms with van der Waals surface area (Å²) in [6.07, 6.45) is 3.60. The molecule has 134 valence electrons. The van der Waals surface area contributed by atoms with Crippen LogP contribution >= 0.6 is 0 Å². The van der Waals surface area contributed by atoms with Crippen LogP contribution < -0.4 is 10.6 Å². The number of anilines is 1. The third kappa shape index (κ3) is 3.30. The van der Waals surface area contributed by atoms with Gasteiger partial charge in [-0.1, -0.05) is 13.0 Å². The van der Waals surface area contributed by atoms with Crippen molar-refractivity contribution in [1.82, 2.24) is 30.2 Å². The molecule has 0 saturated heterocycles. The molecule has 7 nitrogen and oxygen atoms in total. The van der Waals surface area contributed by atoms with E-state index in [1.165, 1.54) is 5.56 Å². The van der Waals surface area contributed by atoms with E-state index < -0.39 is 0 Å². The van der Waals surface area contributed by atoms with Crippen LogP contribution in [0.4, 0.5) is 5.82 Å². The molecule has 4 rings (SSSR count). The third-order valence-electron chi connectivity index (χ3n) is 4.58. The zero-order valence-corrected chi connectivity index (χ0v) is 15.1. The molecule has 0 bridgehead atoms. The number of aromatic nitrogens is 5. The fourth-order valence-electron chi connectivity index (χ4n) is 3.31. The lowest BCUT2D eigenvalue weighted by Gasteiger charge is -2.20. The van der Waals surface area contributed by atoms with Crippen molar-refractivity contribution in [3.8, 4) is 11.5 Å². The number of aromatic amines is 1. The number of rotatable bonds is 5. The lowest BCUT2D eigenvalue weighted by Crippen LogP contribution is -2.26. The van der Waals surface area contributed by atoms with Gasteiger partial charge in [-0.2, -0.15) is 0 Å². The van der Waals surface area contributed by atoms with E-state index in [4.69, 9.17) is 9.97 Å². The molecule has 0 fully saturated rings. The summed E-state index contributed by atoms with van der Waals surface area (Å²) < 4.78 is 0. The number of imidazole rings is 1. The predicted octanol–water partition coefficient (Wildman–Crippen LogP) is 2.39. The van der Waals surface area contributed by atoms with E-state index in [-0.39, 0.29) is 0 Å². The molecule has 0 radical (unpaired) electrons. The molecule has 0 unspecified atom stereocenters. The van der Waals surface area contributed by atoms with E-state index in [9.17, 15) is 0 Å². The second-order valence-corrected chi connectivity index (χ2v) is 6.42. The first-order valence-electron chi connectivity index (χ1n) is 9.04. The van der Waals surface area contributed by atoms with Gasteiger partial charge >= 0.3 is 0 Å². The maximum Gasteiger partial charge on any atom is 0.180 e. The summed E-state index contributed by atoms with van der Waals surface area (Å²) in [7, 11) is 0. The first-order chi connectivity index (χ1) is 12.7. The maximum absolute atomic E-state index is 4.79. The minimum Gasteiger partial charge on any atom is -0.364 e. The van der Waals surface area contributed by atoms with Crippen molar-refractivity contribution >= 4 is 5.82 Å². The smallest absolute Gasteiger partial charge is 0.180 e. The Balaban J connectivity index is 1.67. The highest BCUT2D eigenvalue weighted by Gasteiger charge is 2.19. The van der Waals surface area contributed by atoms with Crippen LogP contribution in [0.5, 0.6) is 0 Å². The fraction of sp³-hybridized carbons (Fsp3) is 0.368. The molecule has 7 heteroatoms. The lowest BCUT2D eigenvalue weighted by molar-refractivity contribution is 0.624. The average Bonchev–Trinajstić information content (AvgIpc) is 3.06. The van der Waals surface area contributed by atoms with E-state index >= 15 is 0 Å². The number of pyridine rings is 1. The Hall–Kier alpha value is -2.80. The third-order valence-corrected chi connectivity index (χ3v) is 4.58. The molecular formula is C19H23N7. The molecule has 26 heavy (non-hydrogen) atoms. The summed E-state index contributed by atoms with van der Waals surface area (Å²) in [4.78, 5) is 21.8. The zero-order valence-electron chi connectivity index (χ0n) is 15.1. The Kier molecular flexibility index (Phi) is 4.62. The summed E-state index contributed by atoms with van der Waals surface area (Å²) in [5, 5.41) is 6.90. The normalized spacial score (nSPS) is 13.5. The Morgan fingerprint density at radius 1 is 1.19 bits per heavy atom. The van der Waals surface area contributed by atoms with Gasteiger partial charge in [0.25, 0.3) is 0 Å². The summed E-state index contributed by atoms with van der Waals surface area (Å²) in [6, 6.07) is 5.79. The van der Waals surface area contributed by atoms with Gasteiger partial charge in [0.1, 0.15) is 17.3 Å². The second-order valence-electron chi connectivity index (χ2n) is 6.42. The van der Waals surface area contributed by atoms with Crippen molar-refractivity contribution < 1.29 is 0 Å². The fourth-order valence-corrected chi connectivity index (χ4v) is 3.31. The Labute approximate surface area is 152 Å². The Morgan fingerprint density at radius 2 is 2.12 bits per heavy atom. The number of nitrogens with zero attached hydrogens (tertiary/aromatic N) is 4. The van der Waals surface area contributed by atoms with Gasteiger partial charge in [-0.25, -0.2) is 15.0 Å². The molecule has 3 aromatic heterocycles. The van der Waals surface area contributed by atoms with E-state index in [0.29, 0.717) is 12.4 Å². The van der Waals surface area contributed by atoms with Crippen molar-refractivity contribution in [2.45, 2.75) is 39.8 Å². The van der Waals surface area contributed by atoms with Gasteiger partial charge in [0, 0.05) is 18.3 Å². The number of hydrogen-bond acceptors (Lipinski definition) is 6. The summed E-state index contributed by atoms with van der Waals surface area (Å²) in [5.41, 5.74) is 5.24. The largest absolute Gasteiger partial charge is 0.364 e. The van der Waals surface area contributed by atoms with Gasteiger partial charge in [-0.15, -0.1) is 0 Å². The van der Waals surface area contributed by atoms with Crippen LogP contribution in [-0.4, -0.2) is 31.5 Å². The van der Waals surface area contributed by atoms with Crippen molar-refractivity contribution in [3.63, 3.8) is 0 Å². The highest BCUT2D eigenvalue weighted by Crippen LogP contribution is 2.24. The molecule has 0 aliphatic carbocycles.